The van der Waals surface area contributed by atoms with Crippen LogP contribution in [0.5, 0.6) is 0 Å². The third kappa shape index (κ3) is 4.34. The van der Waals surface area contributed by atoms with Crippen molar-refractivity contribution in [1.29, 1.82) is 0 Å². The number of halogens is 1. The second-order valence-electron chi connectivity index (χ2n) is 5.61. The van der Waals surface area contributed by atoms with E-state index in [1.54, 1.807) is 36.1 Å². The van der Waals surface area contributed by atoms with Crippen molar-refractivity contribution in [3.8, 4) is 0 Å². The number of benzene rings is 1. The van der Waals surface area contributed by atoms with Crippen molar-refractivity contribution in [2.24, 2.45) is 0 Å². The van der Waals surface area contributed by atoms with Crippen LogP contribution in [0.3, 0.4) is 0 Å². The van der Waals surface area contributed by atoms with Gasteiger partial charge in [0.25, 0.3) is 0 Å². The summed E-state index contributed by atoms with van der Waals surface area (Å²) in [4.78, 5) is 25.1. The van der Waals surface area contributed by atoms with Crippen molar-refractivity contribution in [2.45, 2.75) is 24.8 Å². The van der Waals surface area contributed by atoms with Crippen LogP contribution in [0.25, 0.3) is 0 Å². The Morgan fingerprint density at radius 3 is 2.38 bits per heavy atom. The van der Waals surface area contributed by atoms with Gasteiger partial charge in [-0.25, -0.2) is 8.42 Å². The molecule has 2 amide bonds. The topological polar surface area (TPSA) is 86.8 Å². The van der Waals surface area contributed by atoms with Crippen LogP contribution in [-0.2, 0) is 19.6 Å². The molecule has 9 heteroatoms. The Balaban J connectivity index is 2.02. The van der Waals surface area contributed by atoms with E-state index in [2.05, 4.69) is 21.2 Å². The fourth-order valence-corrected chi connectivity index (χ4v) is 4.59. The smallest absolute Gasteiger partial charge is 0.244 e. The zero-order valence-electron chi connectivity index (χ0n) is 13.5. The third-order valence-electron chi connectivity index (χ3n) is 3.77. The van der Waals surface area contributed by atoms with E-state index in [0.29, 0.717) is 17.6 Å². The van der Waals surface area contributed by atoms with Gasteiger partial charge in [0.15, 0.2) is 0 Å². The predicted octanol–water partition coefficient (Wildman–Crippen LogP) is 0.807. The van der Waals surface area contributed by atoms with Gasteiger partial charge in [-0.3, -0.25) is 9.59 Å². The predicted molar refractivity (Wildman–Crippen MR) is 92.8 cm³/mol. The molecule has 0 aromatic heterocycles. The summed E-state index contributed by atoms with van der Waals surface area (Å²) in [5.74, 6) is -0.476. The van der Waals surface area contributed by atoms with E-state index in [1.165, 1.54) is 11.2 Å². The average Bonchev–Trinajstić information content (AvgIpc) is 2.53. The van der Waals surface area contributed by atoms with E-state index in [-0.39, 0.29) is 29.8 Å². The molecule has 1 aromatic carbocycles. The largest absolute Gasteiger partial charge is 0.345 e. The molecule has 0 radical (unpaired) electrons. The van der Waals surface area contributed by atoms with Crippen LogP contribution in [0.4, 0.5) is 0 Å². The first-order valence-electron chi connectivity index (χ1n) is 7.53. The highest BCUT2D eigenvalue weighted by Gasteiger charge is 2.31. The van der Waals surface area contributed by atoms with Crippen LogP contribution in [0.15, 0.2) is 33.6 Å². The second-order valence-corrected chi connectivity index (χ2v) is 8.46. The molecule has 7 nitrogen and oxygen atoms in total. The van der Waals surface area contributed by atoms with E-state index in [9.17, 15) is 18.0 Å². The first-order chi connectivity index (χ1) is 11.2. The maximum Gasteiger partial charge on any atom is 0.244 e. The molecule has 132 valence electrons. The molecule has 1 atom stereocenters. The molecule has 1 fully saturated rings. The van der Waals surface area contributed by atoms with Crippen LogP contribution in [0.2, 0.25) is 0 Å². The molecule has 1 N–H and O–H groups in total. The number of nitrogens with one attached hydrogen (secondary N) is 1. The summed E-state index contributed by atoms with van der Waals surface area (Å²) in [6, 6.07) is 5.93. The highest BCUT2D eigenvalue weighted by molar-refractivity contribution is 9.10. The lowest BCUT2D eigenvalue weighted by Gasteiger charge is -2.35. The average molecular weight is 418 g/mol. The Hall–Kier alpha value is -1.45. The molecule has 1 saturated heterocycles. The minimum Gasteiger partial charge on any atom is -0.345 e. The van der Waals surface area contributed by atoms with Gasteiger partial charge in [0.1, 0.15) is 6.04 Å². The molecule has 1 unspecified atom stereocenters. The van der Waals surface area contributed by atoms with Crippen molar-refractivity contribution in [3.63, 3.8) is 0 Å². The third-order valence-corrected chi connectivity index (χ3v) is 6.16. The van der Waals surface area contributed by atoms with Gasteiger partial charge in [-0.1, -0.05) is 22.0 Å². The van der Waals surface area contributed by atoms with Crippen molar-refractivity contribution in [1.82, 2.24) is 14.5 Å². The van der Waals surface area contributed by atoms with Gasteiger partial charge in [0, 0.05) is 37.6 Å². The molecular weight excluding hydrogens is 398 g/mol. The van der Waals surface area contributed by atoms with Crippen molar-refractivity contribution >= 4 is 37.8 Å². The summed E-state index contributed by atoms with van der Waals surface area (Å²) >= 11 is 3.27. The van der Waals surface area contributed by atoms with Gasteiger partial charge in [0.2, 0.25) is 21.8 Å². The van der Waals surface area contributed by atoms with E-state index in [1.807, 2.05) is 0 Å². The molecule has 1 aliphatic heterocycles. The molecule has 2 rings (SSSR count). The molecule has 1 heterocycles. The standard InChI is InChI=1S/C15H20BrN3O4S/c1-11(17-12(2)20)15(21)18-6-8-19(9-7-18)24(22,23)14-5-3-4-13(16)10-14/h3-5,10-11H,6-9H2,1-2H3,(H,17,20). The lowest BCUT2D eigenvalue weighted by Crippen LogP contribution is -2.54. The van der Waals surface area contributed by atoms with E-state index in [0.717, 1.165) is 0 Å². The minimum absolute atomic E-state index is 0.204. The zero-order valence-corrected chi connectivity index (χ0v) is 15.9. The van der Waals surface area contributed by atoms with E-state index in [4.69, 9.17) is 0 Å². The monoisotopic (exact) mass is 417 g/mol. The number of nitrogens with zero attached hydrogens (tertiary/aromatic N) is 2. The Kier molecular flexibility index (Phi) is 6.00. The van der Waals surface area contributed by atoms with Gasteiger partial charge in [-0.15, -0.1) is 0 Å². The summed E-state index contributed by atoms with van der Waals surface area (Å²) in [5.41, 5.74) is 0. The Morgan fingerprint density at radius 2 is 1.83 bits per heavy atom. The molecule has 0 saturated carbocycles. The molecule has 1 aromatic rings. The zero-order chi connectivity index (χ0) is 17.9. The fourth-order valence-electron chi connectivity index (χ4n) is 2.57. The SMILES string of the molecule is CC(=O)NC(C)C(=O)N1CCN(S(=O)(=O)c2cccc(Br)c2)CC1. The number of piperazine rings is 1. The number of carbonyl (C=O) groups is 2. The molecule has 0 bridgehead atoms. The van der Waals surface area contributed by atoms with Crippen molar-refractivity contribution < 1.29 is 18.0 Å². The van der Waals surface area contributed by atoms with Crippen LogP contribution >= 0.6 is 15.9 Å². The summed E-state index contributed by atoms with van der Waals surface area (Å²) in [6.07, 6.45) is 0. The second kappa shape index (κ2) is 7.62. The van der Waals surface area contributed by atoms with Gasteiger partial charge in [0.05, 0.1) is 4.90 Å². The van der Waals surface area contributed by atoms with Gasteiger partial charge >= 0.3 is 0 Å². The van der Waals surface area contributed by atoms with Gasteiger partial charge < -0.3 is 10.2 Å². The summed E-state index contributed by atoms with van der Waals surface area (Å²) in [6.45, 7) is 4.04. The van der Waals surface area contributed by atoms with Gasteiger partial charge in [-0.2, -0.15) is 4.31 Å². The summed E-state index contributed by atoms with van der Waals surface area (Å²) < 4.78 is 27.4. The van der Waals surface area contributed by atoms with Crippen molar-refractivity contribution in [3.05, 3.63) is 28.7 Å². The van der Waals surface area contributed by atoms with Crippen LogP contribution in [-0.4, -0.2) is 61.7 Å². The Morgan fingerprint density at radius 1 is 1.21 bits per heavy atom. The number of hydrogen-bond acceptors (Lipinski definition) is 4. The summed E-state index contributed by atoms with van der Waals surface area (Å²) in [7, 11) is -3.58. The van der Waals surface area contributed by atoms with Crippen LogP contribution in [0.1, 0.15) is 13.8 Å². The Labute approximate surface area is 150 Å². The van der Waals surface area contributed by atoms with E-state index >= 15 is 0 Å². The molecule has 0 spiro atoms. The highest BCUT2D eigenvalue weighted by Crippen LogP contribution is 2.21. The molecular formula is C15H20BrN3O4S. The lowest BCUT2D eigenvalue weighted by molar-refractivity contribution is -0.136. The van der Waals surface area contributed by atoms with Crippen LogP contribution in [0, 0.1) is 0 Å². The lowest BCUT2D eigenvalue weighted by atomic mass is 10.2. The maximum absolute atomic E-state index is 12.6. The van der Waals surface area contributed by atoms with Gasteiger partial charge in [-0.05, 0) is 25.1 Å². The highest BCUT2D eigenvalue weighted by atomic mass is 79.9. The number of carbonyl (C=O) groups excluding carboxylic acids is 2. The van der Waals surface area contributed by atoms with E-state index < -0.39 is 16.1 Å². The Bertz CT molecular complexity index is 730. The molecule has 24 heavy (non-hydrogen) atoms. The number of sulfonamides is 1. The first-order valence-corrected chi connectivity index (χ1v) is 9.76. The van der Waals surface area contributed by atoms with Crippen LogP contribution < -0.4 is 5.32 Å². The summed E-state index contributed by atoms with van der Waals surface area (Å²) in [5, 5.41) is 2.55. The fraction of sp³-hybridized carbons (Fsp3) is 0.467. The molecule has 0 aliphatic carbocycles. The number of rotatable bonds is 4. The number of amides is 2. The molecule has 1 aliphatic rings. The maximum atomic E-state index is 12.6. The minimum atomic E-state index is -3.58. The van der Waals surface area contributed by atoms with Crippen molar-refractivity contribution in [2.75, 3.05) is 26.2 Å². The normalized spacial score (nSPS) is 17.4. The number of hydrogen-bond donors (Lipinski definition) is 1. The quantitative estimate of drug-likeness (QED) is 0.784. The first kappa shape index (κ1) is 18.9.